The van der Waals surface area contributed by atoms with Crippen molar-refractivity contribution in [3.8, 4) is 5.75 Å². The molecule has 0 saturated carbocycles. The molecule has 0 amide bonds. The number of benzene rings is 2. The number of hydrogen-bond acceptors (Lipinski definition) is 1. The summed E-state index contributed by atoms with van der Waals surface area (Å²) in [7, 11) is 0. The van der Waals surface area contributed by atoms with Gasteiger partial charge in [-0.15, -0.1) is 0 Å². The highest BCUT2D eigenvalue weighted by Gasteiger charge is 2.17. The highest BCUT2D eigenvalue weighted by atomic mass is 19.1. The van der Waals surface area contributed by atoms with Gasteiger partial charge in [-0.25, -0.2) is 4.39 Å². The summed E-state index contributed by atoms with van der Waals surface area (Å²) in [6.07, 6.45) is 3.71. The lowest BCUT2D eigenvalue weighted by Crippen LogP contribution is -1.82. The fourth-order valence-electron chi connectivity index (χ4n) is 2.42. The van der Waals surface area contributed by atoms with Crippen molar-refractivity contribution in [3.05, 3.63) is 70.5 Å². The molecule has 0 saturated heterocycles. The van der Waals surface area contributed by atoms with E-state index in [4.69, 9.17) is 0 Å². The van der Waals surface area contributed by atoms with E-state index >= 15 is 0 Å². The first-order valence-electron chi connectivity index (χ1n) is 5.97. The largest absolute Gasteiger partial charge is 0.508 e. The van der Waals surface area contributed by atoms with Crippen molar-refractivity contribution >= 4 is 6.08 Å². The van der Waals surface area contributed by atoms with Gasteiger partial charge in [0.25, 0.3) is 0 Å². The van der Waals surface area contributed by atoms with Crippen LogP contribution in [0.4, 0.5) is 4.39 Å². The van der Waals surface area contributed by atoms with Gasteiger partial charge in [0.05, 0.1) is 0 Å². The lowest BCUT2D eigenvalue weighted by atomic mass is 10.1. The minimum atomic E-state index is -0.218. The smallest absolute Gasteiger partial charge is 0.123 e. The molecule has 1 nitrogen and oxygen atoms in total. The van der Waals surface area contributed by atoms with Gasteiger partial charge in [0.15, 0.2) is 0 Å². The predicted molar refractivity (Wildman–Crippen MR) is 69.9 cm³/mol. The van der Waals surface area contributed by atoms with Gasteiger partial charge in [-0.05, 0) is 42.2 Å². The minimum absolute atomic E-state index is 0.218. The summed E-state index contributed by atoms with van der Waals surface area (Å²) >= 11 is 0. The molecule has 18 heavy (non-hydrogen) atoms. The maximum atomic E-state index is 12.8. The second kappa shape index (κ2) is 4.30. The van der Waals surface area contributed by atoms with Crippen LogP contribution in [0.3, 0.4) is 0 Å². The first-order chi connectivity index (χ1) is 8.72. The Balaban J connectivity index is 1.89. The van der Waals surface area contributed by atoms with E-state index in [9.17, 15) is 9.50 Å². The molecule has 90 valence electrons. The first kappa shape index (κ1) is 11.0. The summed E-state index contributed by atoms with van der Waals surface area (Å²) in [4.78, 5) is 0. The molecule has 0 spiro atoms. The van der Waals surface area contributed by atoms with Gasteiger partial charge in [0.1, 0.15) is 11.6 Å². The number of allylic oxidation sites excluding steroid dienone is 1. The van der Waals surface area contributed by atoms with Crippen molar-refractivity contribution < 1.29 is 9.50 Å². The van der Waals surface area contributed by atoms with Crippen molar-refractivity contribution in [1.29, 1.82) is 0 Å². The van der Waals surface area contributed by atoms with Gasteiger partial charge >= 0.3 is 0 Å². The summed E-state index contributed by atoms with van der Waals surface area (Å²) < 4.78 is 12.8. The van der Waals surface area contributed by atoms with E-state index in [2.05, 4.69) is 6.08 Å². The van der Waals surface area contributed by atoms with E-state index < -0.39 is 0 Å². The zero-order valence-electron chi connectivity index (χ0n) is 9.86. The molecule has 2 aromatic carbocycles. The van der Waals surface area contributed by atoms with Crippen LogP contribution in [0.25, 0.3) is 6.08 Å². The molecule has 0 bridgehead atoms. The van der Waals surface area contributed by atoms with Crippen LogP contribution in [0.5, 0.6) is 5.75 Å². The molecule has 0 fully saturated rings. The van der Waals surface area contributed by atoms with Crippen LogP contribution in [-0.4, -0.2) is 5.11 Å². The van der Waals surface area contributed by atoms with Gasteiger partial charge in [0.2, 0.25) is 0 Å². The van der Waals surface area contributed by atoms with E-state index in [-0.39, 0.29) is 5.82 Å². The molecule has 1 aliphatic carbocycles. The standard InChI is InChI=1S/C16H13FO/c17-14-6-4-11(5-7-14)8-12-9-13-2-1-3-16(18)15(13)10-12/h1-8,18H,9-10H2. The Morgan fingerprint density at radius 3 is 2.50 bits per heavy atom. The quantitative estimate of drug-likeness (QED) is 0.805. The fraction of sp³-hybridized carbons (Fsp3) is 0.125. The third kappa shape index (κ3) is 2.02. The number of aromatic hydroxyl groups is 1. The number of fused-ring (bicyclic) bond motifs is 1. The van der Waals surface area contributed by atoms with Crippen LogP contribution in [0, 0.1) is 5.82 Å². The topological polar surface area (TPSA) is 20.2 Å². The molecular formula is C16H13FO. The highest BCUT2D eigenvalue weighted by Crippen LogP contribution is 2.33. The zero-order valence-corrected chi connectivity index (χ0v) is 9.86. The molecule has 3 rings (SSSR count). The number of halogens is 1. The van der Waals surface area contributed by atoms with E-state index in [0.717, 1.165) is 24.0 Å². The van der Waals surface area contributed by atoms with Crippen molar-refractivity contribution in [3.63, 3.8) is 0 Å². The van der Waals surface area contributed by atoms with Crippen molar-refractivity contribution in [2.45, 2.75) is 12.8 Å². The number of phenolic OH excluding ortho intramolecular Hbond substituents is 1. The molecule has 0 radical (unpaired) electrons. The molecule has 0 heterocycles. The Kier molecular flexibility index (Phi) is 2.63. The molecule has 2 aromatic rings. The van der Waals surface area contributed by atoms with E-state index in [0.29, 0.717) is 5.75 Å². The lowest BCUT2D eigenvalue weighted by molar-refractivity contribution is 0.470. The van der Waals surface area contributed by atoms with Crippen LogP contribution >= 0.6 is 0 Å². The lowest BCUT2D eigenvalue weighted by Gasteiger charge is -1.99. The third-order valence-electron chi connectivity index (χ3n) is 3.31. The molecular weight excluding hydrogens is 227 g/mol. The molecule has 1 N–H and O–H groups in total. The number of phenols is 1. The van der Waals surface area contributed by atoms with Crippen LogP contribution in [0.15, 0.2) is 48.0 Å². The highest BCUT2D eigenvalue weighted by molar-refractivity contribution is 5.59. The van der Waals surface area contributed by atoms with Crippen molar-refractivity contribution in [2.24, 2.45) is 0 Å². The normalized spacial score (nSPS) is 15.9. The SMILES string of the molecule is Oc1cccc2c1CC(=Cc1ccc(F)cc1)C2. The van der Waals surface area contributed by atoms with E-state index in [1.165, 1.54) is 23.3 Å². The molecule has 0 atom stereocenters. The van der Waals surface area contributed by atoms with Gasteiger partial charge in [-0.2, -0.15) is 0 Å². The zero-order chi connectivity index (χ0) is 12.5. The van der Waals surface area contributed by atoms with Crippen LogP contribution in [0.2, 0.25) is 0 Å². The molecule has 0 aliphatic heterocycles. The summed E-state index contributed by atoms with van der Waals surface area (Å²) in [6.45, 7) is 0. The van der Waals surface area contributed by atoms with Gasteiger partial charge in [-0.1, -0.05) is 35.9 Å². The van der Waals surface area contributed by atoms with Crippen LogP contribution < -0.4 is 0 Å². The Bertz CT molecular complexity index is 611. The summed E-state index contributed by atoms with van der Waals surface area (Å²) in [5, 5.41) is 9.77. The monoisotopic (exact) mass is 240 g/mol. The van der Waals surface area contributed by atoms with Gasteiger partial charge < -0.3 is 5.11 Å². The van der Waals surface area contributed by atoms with Crippen LogP contribution in [0.1, 0.15) is 16.7 Å². The molecule has 0 aromatic heterocycles. The Morgan fingerprint density at radius 1 is 1.00 bits per heavy atom. The van der Waals surface area contributed by atoms with Crippen LogP contribution in [-0.2, 0) is 12.8 Å². The van der Waals surface area contributed by atoms with Crippen molar-refractivity contribution in [2.75, 3.05) is 0 Å². The Morgan fingerprint density at radius 2 is 1.78 bits per heavy atom. The summed E-state index contributed by atoms with van der Waals surface area (Å²) in [5.74, 6) is 0.152. The Labute approximate surface area is 105 Å². The van der Waals surface area contributed by atoms with Crippen molar-refractivity contribution in [1.82, 2.24) is 0 Å². The summed E-state index contributed by atoms with van der Waals surface area (Å²) in [5.41, 5.74) is 4.45. The second-order valence-corrected chi connectivity index (χ2v) is 4.62. The minimum Gasteiger partial charge on any atom is -0.508 e. The maximum Gasteiger partial charge on any atom is 0.123 e. The molecule has 2 heteroatoms. The summed E-state index contributed by atoms with van der Waals surface area (Å²) in [6, 6.07) is 12.1. The number of rotatable bonds is 1. The third-order valence-corrected chi connectivity index (χ3v) is 3.31. The van der Waals surface area contributed by atoms with Gasteiger partial charge in [-0.3, -0.25) is 0 Å². The van der Waals surface area contributed by atoms with Gasteiger partial charge in [0, 0.05) is 5.56 Å². The Hall–Kier alpha value is -2.09. The first-order valence-corrected chi connectivity index (χ1v) is 5.97. The fourth-order valence-corrected chi connectivity index (χ4v) is 2.42. The molecule has 0 unspecified atom stereocenters. The second-order valence-electron chi connectivity index (χ2n) is 4.62. The molecule has 1 aliphatic rings. The average molecular weight is 240 g/mol. The average Bonchev–Trinajstić information content (AvgIpc) is 2.76. The number of hydrogen-bond donors (Lipinski definition) is 1. The van der Waals surface area contributed by atoms with E-state index in [1.807, 2.05) is 12.1 Å². The predicted octanol–water partition coefficient (Wildman–Crippen LogP) is 3.71. The van der Waals surface area contributed by atoms with E-state index in [1.54, 1.807) is 18.2 Å². The maximum absolute atomic E-state index is 12.8.